The molecule has 1 fully saturated rings. The smallest absolute Gasteiger partial charge is 0.238 e. The Morgan fingerprint density at radius 3 is 3.14 bits per heavy atom. The minimum absolute atomic E-state index is 0.0296. The lowest BCUT2D eigenvalue weighted by Gasteiger charge is -2.23. The summed E-state index contributed by atoms with van der Waals surface area (Å²) in [7, 11) is 0. The Balaban J connectivity index is 2.36. The number of hydrogen-bond donors (Lipinski definition) is 2. The van der Waals surface area contributed by atoms with Crippen LogP contribution in [-0.2, 0) is 4.79 Å². The number of carbonyl (C=O) groups is 1. The van der Waals surface area contributed by atoms with Crippen LogP contribution in [0.3, 0.4) is 0 Å². The van der Waals surface area contributed by atoms with E-state index in [1.54, 1.807) is 11.8 Å². The lowest BCUT2D eigenvalue weighted by molar-refractivity contribution is -0.123. The van der Waals surface area contributed by atoms with Crippen molar-refractivity contribution in [2.24, 2.45) is 0 Å². The molecule has 0 radical (unpaired) electrons. The van der Waals surface area contributed by atoms with Crippen molar-refractivity contribution in [3.8, 4) is 12.3 Å². The van der Waals surface area contributed by atoms with Crippen LogP contribution in [0.25, 0.3) is 0 Å². The quantitative estimate of drug-likeness (QED) is 0.658. The molecule has 3 nitrogen and oxygen atoms in total. The van der Waals surface area contributed by atoms with Gasteiger partial charge >= 0.3 is 0 Å². The topological polar surface area (TPSA) is 41.1 Å². The summed E-state index contributed by atoms with van der Waals surface area (Å²) < 4.78 is 0. The zero-order chi connectivity index (χ0) is 10.4. The van der Waals surface area contributed by atoms with Gasteiger partial charge in [-0.25, -0.2) is 0 Å². The maximum atomic E-state index is 11.6. The number of thioether (sulfide) groups is 1. The second-order valence-electron chi connectivity index (χ2n) is 3.22. The van der Waals surface area contributed by atoms with Crippen molar-refractivity contribution in [3.63, 3.8) is 0 Å². The first kappa shape index (κ1) is 11.4. The summed E-state index contributed by atoms with van der Waals surface area (Å²) >= 11 is 1.80. The van der Waals surface area contributed by atoms with E-state index in [9.17, 15) is 4.79 Å². The molecule has 1 amide bonds. The van der Waals surface area contributed by atoms with Crippen molar-refractivity contribution in [1.82, 2.24) is 10.6 Å². The first-order valence-corrected chi connectivity index (χ1v) is 6.01. The number of nitrogens with one attached hydrogen (secondary N) is 2. The molecule has 0 spiro atoms. The minimum Gasteiger partial charge on any atom is -0.341 e. The Labute approximate surface area is 89.4 Å². The average molecular weight is 212 g/mol. The van der Waals surface area contributed by atoms with Crippen molar-refractivity contribution >= 4 is 17.7 Å². The molecular formula is C10H16N2OS. The standard InChI is InChI=1S/C10H16N2OS/c1-3-8(4-2)12-10(13)9-7-14-6-5-11-9/h1,8-9,11H,4-7H2,2H3,(H,12,13). The van der Waals surface area contributed by atoms with Crippen molar-refractivity contribution in [3.05, 3.63) is 0 Å². The Kier molecular flexibility index (Phi) is 4.85. The molecule has 1 aliphatic rings. The van der Waals surface area contributed by atoms with Gasteiger partial charge in [0.05, 0.1) is 12.1 Å². The number of carbonyl (C=O) groups excluding carboxylic acids is 1. The molecule has 14 heavy (non-hydrogen) atoms. The summed E-state index contributed by atoms with van der Waals surface area (Å²) in [5, 5.41) is 6.01. The third-order valence-electron chi connectivity index (χ3n) is 2.16. The third-order valence-corrected chi connectivity index (χ3v) is 3.23. The van der Waals surface area contributed by atoms with Crippen LogP contribution >= 0.6 is 11.8 Å². The molecule has 4 heteroatoms. The lowest BCUT2D eigenvalue weighted by Crippen LogP contribution is -2.51. The van der Waals surface area contributed by atoms with Crippen LogP contribution in [0.15, 0.2) is 0 Å². The maximum absolute atomic E-state index is 11.6. The van der Waals surface area contributed by atoms with E-state index in [4.69, 9.17) is 6.42 Å². The fourth-order valence-corrected chi connectivity index (χ4v) is 2.20. The van der Waals surface area contributed by atoms with E-state index in [1.165, 1.54) is 0 Å². The van der Waals surface area contributed by atoms with Gasteiger partial charge in [-0.15, -0.1) is 6.42 Å². The highest BCUT2D eigenvalue weighted by Crippen LogP contribution is 2.07. The van der Waals surface area contributed by atoms with Gasteiger partial charge in [0.15, 0.2) is 0 Å². The summed E-state index contributed by atoms with van der Waals surface area (Å²) in [6, 6.07) is -0.202. The summed E-state index contributed by atoms with van der Waals surface area (Å²) in [5.41, 5.74) is 0. The normalized spacial score (nSPS) is 23.6. The molecule has 2 unspecified atom stereocenters. The Bertz CT molecular complexity index is 231. The number of amides is 1. The van der Waals surface area contributed by atoms with E-state index in [0.717, 1.165) is 24.5 Å². The van der Waals surface area contributed by atoms with E-state index in [1.807, 2.05) is 6.92 Å². The number of terminal acetylenes is 1. The molecule has 78 valence electrons. The van der Waals surface area contributed by atoms with Crippen molar-refractivity contribution < 1.29 is 4.79 Å². The fourth-order valence-electron chi connectivity index (χ4n) is 1.27. The monoisotopic (exact) mass is 212 g/mol. The molecule has 0 saturated carbocycles. The van der Waals surface area contributed by atoms with Crippen LogP contribution in [-0.4, -0.2) is 36.0 Å². The predicted octanol–water partition coefficient (Wildman–Crippen LogP) is 0.219. The van der Waals surface area contributed by atoms with Gasteiger partial charge in [0.25, 0.3) is 0 Å². The highest BCUT2D eigenvalue weighted by molar-refractivity contribution is 7.99. The lowest BCUT2D eigenvalue weighted by atomic mass is 10.2. The molecule has 1 saturated heterocycles. The Morgan fingerprint density at radius 2 is 2.64 bits per heavy atom. The average Bonchev–Trinajstić information content (AvgIpc) is 2.26. The Morgan fingerprint density at radius 1 is 1.86 bits per heavy atom. The molecule has 0 aromatic heterocycles. The highest BCUT2D eigenvalue weighted by Gasteiger charge is 2.21. The van der Waals surface area contributed by atoms with Gasteiger partial charge in [-0.2, -0.15) is 11.8 Å². The van der Waals surface area contributed by atoms with Crippen molar-refractivity contribution in [2.75, 3.05) is 18.1 Å². The van der Waals surface area contributed by atoms with Gasteiger partial charge in [-0.3, -0.25) is 4.79 Å². The molecular weight excluding hydrogens is 196 g/mol. The highest BCUT2D eigenvalue weighted by atomic mass is 32.2. The van der Waals surface area contributed by atoms with Crippen LogP contribution < -0.4 is 10.6 Å². The van der Waals surface area contributed by atoms with Gasteiger partial charge < -0.3 is 10.6 Å². The fraction of sp³-hybridized carbons (Fsp3) is 0.700. The van der Waals surface area contributed by atoms with Crippen LogP contribution in [0.4, 0.5) is 0 Å². The predicted molar refractivity (Wildman–Crippen MR) is 60.2 cm³/mol. The van der Waals surface area contributed by atoms with Crippen molar-refractivity contribution in [1.29, 1.82) is 0 Å². The van der Waals surface area contributed by atoms with Gasteiger partial charge in [-0.1, -0.05) is 12.8 Å². The summed E-state index contributed by atoms with van der Waals surface area (Å²) in [4.78, 5) is 11.6. The van der Waals surface area contributed by atoms with E-state index in [-0.39, 0.29) is 18.0 Å². The van der Waals surface area contributed by atoms with Gasteiger partial charge in [0.1, 0.15) is 0 Å². The van der Waals surface area contributed by atoms with Crippen LogP contribution in [0.2, 0.25) is 0 Å². The first-order chi connectivity index (χ1) is 6.77. The summed E-state index contributed by atoms with van der Waals surface area (Å²) in [6.45, 7) is 2.86. The zero-order valence-electron chi connectivity index (χ0n) is 8.38. The largest absolute Gasteiger partial charge is 0.341 e. The molecule has 0 bridgehead atoms. The van der Waals surface area contributed by atoms with E-state index < -0.39 is 0 Å². The van der Waals surface area contributed by atoms with Gasteiger partial charge in [0.2, 0.25) is 5.91 Å². The molecule has 0 aromatic rings. The summed E-state index contributed by atoms with van der Waals surface area (Å²) in [6.07, 6.45) is 6.05. The maximum Gasteiger partial charge on any atom is 0.238 e. The van der Waals surface area contributed by atoms with Crippen LogP contribution in [0.1, 0.15) is 13.3 Å². The van der Waals surface area contributed by atoms with Crippen LogP contribution in [0.5, 0.6) is 0 Å². The molecule has 1 heterocycles. The van der Waals surface area contributed by atoms with Gasteiger partial charge in [-0.05, 0) is 6.42 Å². The Hall–Kier alpha value is -0.660. The molecule has 0 aromatic carbocycles. The molecule has 1 aliphatic heterocycles. The van der Waals surface area contributed by atoms with E-state index >= 15 is 0 Å². The van der Waals surface area contributed by atoms with Crippen molar-refractivity contribution in [2.45, 2.75) is 25.4 Å². The number of rotatable bonds is 3. The number of hydrogen-bond acceptors (Lipinski definition) is 3. The molecule has 2 N–H and O–H groups in total. The molecule has 0 aliphatic carbocycles. The first-order valence-electron chi connectivity index (χ1n) is 4.85. The third kappa shape index (κ3) is 3.24. The second-order valence-corrected chi connectivity index (χ2v) is 4.37. The zero-order valence-corrected chi connectivity index (χ0v) is 9.19. The van der Waals surface area contributed by atoms with E-state index in [2.05, 4.69) is 16.6 Å². The molecule has 1 rings (SSSR count). The van der Waals surface area contributed by atoms with Gasteiger partial charge in [0, 0.05) is 18.1 Å². The van der Waals surface area contributed by atoms with E-state index in [0.29, 0.717) is 0 Å². The summed E-state index contributed by atoms with van der Waals surface area (Å²) in [5.74, 6) is 4.50. The minimum atomic E-state index is -0.128. The SMILES string of the molecule is C#CC(CC)NC(=O)C1CSCCN1. The second kappa shape index (κ2) is 5.94. The van der Waals surface area contributed by atoms with Crippen LogP contribution in [0, 0.1) is 12.3 Å². The molecule has 2 atom stereocenters.